The van der Waals surface area contributed by atoms with E-state index in [1.807, 2.05) is 0 Å². The van der Waals surface area contributed by atoms with Gasteiger partial charge in [0, 0.05) is 18.8 Å². The number of hydrogen-bond donors (Lipinski definition) is 2. The molecule has 2 fully saturated rings. The van der Waals surface area contributed by atoms with Gasteiger partial charge in [-0.15, -0.1) is 0 Å². The molecule has 2 N–H and O–H groups in total. The van der Waals surface area contributed by atoms with Gasteiger partial charge in [-0.25, -0.2) is 0 Å². The monoisotopic (exact) mass is 268 g/mol. The van der Waals surface area contributed by atoms with Gasteiger partial charge in [-0.05, 0) is 13.3 Å². The summed E-state index contributed by atoms with van der Waals surface area (Å²) in [5, 5.41) is 19.8. The minimum atomic E-state index is -1.46. The van der Waals surface area contributed by atoms with Crippen LogP contribution in [-0.4, -0.2) is 34.2 Å². The third-order valence-corrected chi connectivity index (χ3v) is 4.29. The first-order chi connectivity index (χ1) is 8.90. The summed E-state index contributed by atoms with van der Waals surface area (Å²) in [6.45, 7) is 1.75. The van der Waals surface area contributed by atoms with Gasteiger partial charge < -0.3 is 19.7 Å². The molecule has 2 heterocycles. The Bertz CT molecular complexity index is 470. The summed E-state index contributed by atoms with van der Waals surface area (Å²) in [5.41, 5.74) is 0.718. The van der Waals surface area contributed by atoms with Gasteiger partial charge in [0.25, 0.3) is 0 Å². The molecule has 0 aromatic heterocycles. The molecule has 0 amide bonds. The van der Waals surface area contributed by atoms with Crippen LogP contribution in [-0.2, 0) is 19.1 Å². The molecule has 1 aliphatic carbocycles. The Morgan fingerprint density at radius 3 is 2.74 bits per heavy atom. The maximum absolute atomic E-state index is 11.7. The molecule has 0 radical (unpaired) electrons. The van der Waals surface area contributed by atoms with Crippen LogP contribution in [0.25, 0.3) is 0 Å². The molecule has 2 aliphatic heterocycles. The van der Waals surface area contributed by atoms with Gasteiger partial charge in [0.1, 0.15) is 0 Å². The zero-order valence-corrected chi connectivity index (χ0v) is 10.5. The van der Waals surface area contributed by atoms with Crippen LogP contribution < -0.4 is 0 Å². The van der Waals surface area contributed by atoms with Crippen molar-refractivity contribution in [2.24, 2.45) is 17.8 Å². The lowest BCUT2D eigenvalue weighted by Gasteiger charge is -2.35. The van der Waals surface area contributed by atoms with E-state index >= 15 is 0 Å². The number of carbonyl (C=O) groups excluding carboxylic acids is 2. The maximum atomic E-state index is 11.7. The highest BCUT2D eigenvalue weighted by Crippen LogP contribution is 2.46. The Labute approximate surface area is 110 Å². The third kappa shape index (κ3) is 1.91. The van der Waals surface area contributed by atoms with Gasteiger partial charge >= 0.3 is 11.9 Å². The normalized spacial score (nSPS) is 45.9. The van der Waals surface area contributed by atoms with Crippen molar-refractivity contribution in [3.63, 3.8) is 0 Å². The fraction of sp³-hybridized carbons (Fsp3) is 0.692. The number of aliphatic hydroxyl groups excluding tert-OH is 1. The molecule has 0 spiro atoms. The van der Waals surface area contributed by atoms with E-state index in [2.05, 4.69) is 4.74 Å². The van der Waals surface area contributed by atoms with Crippen LogP contribution in [0.5, 0.6) is 0 Å². The van der Waals surface area contributed by atoms with Crippen molar-refractivity contribution in [1.82, 2.24) is 0 Å². The van der Waals surface area contributed by atoms with Gasteiger partial charge in [-0.2, -0.15) is 0 Å². The van der Waals surface area contributed by atoms with Crippen LogP contribution in [0.15, 0.2) is 11.6 Å². The lowest BCUT2D eigenvalue weighted by Crippen LogP contribution is -2.41. The van der Waals surface area contributed by atoms with E-state index in [-0.39, 0.29) is 0 Å². The quantitative estimate of drug-likeness (QED) is 0.397. The minimum Gasteiger partial charge on any atom is -0.392 e. The fourth-order valence-electron chi connectivity index (χ4n) is 3.31. The number of fused-ring (bicyclic) bond motifs is 1. The van der Waals surface area contributed by atoms with Crippen molar-refractivity contribution in [1.29, 1.82) is 0 Å². The molecule has 5 unspecified atom stereocenters. The number of hydrogen-bond acceptors (Lipinski definition) is 6. The average Bonchev–Trinajstić information content (AvgIpc) is 2.82. The largest absolute Gasteiger partial charge is 0.392 e. The van der Waals surface area contributed by atoms with Crippen molar-refractivity contribution >= 4 is 11.9 Å². The molecule has 6 heteroatoms. The number of carbonyl (C=O) groups is 2. The van der Waals surface area contributed by atoms with Crippen LogP contribution in [0.4, 0.5) is 0 Å². The first-order valence-corrected chi connectivity index (χ1v) is 6.43. The SMILES string of the molecule is CC1=CC(C2(O)CCC(O)O2)CC2C(=O)OC(=O)C12. The first kappa shape index (κ1) is 12.8. The number of cyclic esters (lactones) is 2. The standard InChI is InChI=1S/C13H16O6/c1-6-4-7(13(17)3-2-9(14)19-13)5-8-10(6)12(16)18-11(8)15/h4,7-10,14,17H,2-3,5H2,1H3. The number of aliphatic hydroxyl groups is 2. The molecule has 0 bridgehead atoms. The van der Waals surface area contributed by atoms with Gasteiger partial charge in [-0.3, -0.25) is 9.59 Å². The Kier molecular flexibility index (Phi) is 2.78. The van der Waals surface area contributed by atoms with E-state index in [1.54, 1.807) is 13.0 Å². The lowest BCUT2D eigenvalue weighted by atomic mass is 9.73. The highest BCUT2D eigenvalue weighted by Gasteiger charge is 2.53. The Hall–Kier alpha value is -1.24. The minimum absolute atomic E-state index is 0.301. The summed E-state index contributed by atoms with van der Waals surface area (Å²) in [6.07, 6.45) is 1.75. The smallest absolute Gasteiger partial charge is 0.321 e. The summed E-state index contributed by atoms with van der Waals surface area (Å²) in [7, 11) is 0. The molecule has 6 nitrogen and oxygen atoms in total. The molecule has 3 aliphatic rings. The van der Waals surface area contributed by atoms with Crippen LogP contribution in [0.3, 0.4) is 0 Å². The molecular weight excluding hydrogens is 252 g/mol. The van der Waals surface area contributed by atoms with Crippen LogP contribution in [0.1, 0.15) is 26.2 Å². The fourth-order valence-corrected chi connectivity index (χ4v) is 3.31. The van der Waals surface area contributed by atoms with Gasteiger partial charge in [0.05, 0.1) is 11.8 Å². The second-order valence-corrected chi connectivity index (χ2v) is 5.53. The zero-order chi connectivity index (χ0) is 13.8. The van der Waals surface area contributed by atoms with Crippen molar-refractivity contribution < 1.29 is 29.3 Å². The zero-order valence-electron chi connectivity index (χ0n) is 10.5. The van der Waals surface area contributed by atoms with Gasteiger partial charge in [0.15, 0.2) is 12.1 Å². The summed E-state index contributed by atoms with van der Waals surface area (Å²) < 4.78 is 9.83. The van der Waals surface area contributed by atoms with Gasteiger partial charge in [0.2, 0.25) is 0 Å². The van der Waals surface area contributed by atoms with Gasteiger partial charge in [-0.1, -0.05) is 11.6 Å². The molecule has 104 valence electrons. The summed E-state index contributed by atoms with van der Waals surface area (Å²) in [4.78, 5) is 23.2. The third-order valence-electron chi connectivity index (χ3n) is 4.29. The number of ether oxygens (including phenoxy) is 2. The van der Waals surface area contributed by atoms with E-state index in [9.17, 15) is 19.8 Å². The second kappa shape index (κ2) is 4.13. The van der Waals surface area contributed by atoms with E-state index in [0.717, 1.165) is 5.57 Å². The predicted octanol–water partition coefficient (Wildman–Crippen LogP) is 0.0858. The summed E-state index contributed by atoms with van der Waals surface area (Å²) >= 11 is 0. The number of rotatable bonds is 1. The van der Waals surface area contributed by atoms with E-state index < -0.39 is 41.8 Å². The highest BCUT2D eigenvalue weighted by molar-refractivity contribution is 5.98. The van der Waals surface area contributed by atoms with E-state index in [4.69, 9.17) is 4.74 Å². The highest BCUT2D eigenvalue weighted by atomic mass is 16.7. The predicted molar refractivity (Wildman–Crippen MR) is 61.2 cm³/mol. The second-order valence-electron chi connectivity index (χ2n) is 5.53. The van der Waals surface area contributed by atoms with Crippen LogP contribution in [0.2, 0.25) is 0 Å². The van der Waals surface area contributed by atoms with Crippen molar-refractivity contribution in [3.8, 4) is 0 Å². The topological polar surface area (TPSA) is 93.1 Å². The molecule has 3 rings (SSSR count). The number of esters is 2. The summed E-state index contributed by atoms with van der Waals surface area (Å²) in [6, 6.07) is 0. The molecule has 0 aromatic rings. The summed E-state index contributed by atoms with van der Waals surface area (Å²) in [5.74, 6) is -4.00. The lowest BCUT2D eigenvalue weighted by molar-refractivity contribution is -0.256. The molecule has 19 heavy (non-hydrogen) atoms. The molecule has 2 saturated heterocycles. The maximum Gasteiger partial charge on any atom is 0.321 e. The molecule has 0 aromatic carbocycles. The average molecular weight is 268 g/mol. The molecule has 0 saturated carbocycles. The first-order valence-electron chi connectivity index (χ1n) is 6.43. The van der Waals surface area contributed by atoms with Crippen LogP contribution >= 0.6 is 0 Å². The molecular formula is C13H16O6. The Morgan fingerprint density at radius 2 is 2.11 bits per heavy atom. The van der Waals surface area contributed by atoms with E-state index in [0.29, 0.717) is 19.3 Å². The van der Waals surface area contributed by atoms with E-state index in [1.165, 1.54) is 0 Å². The van der Waals surface area contributed by atoms with Crippen molar-refractivity contribution in [2.45, 2.75) is 38.3 Å². The molecule has 5 atom stereocenters. The Morgan fingerprint density at radius 1 is 1.37 bits per heavy atom. The van der Waals surface area contributed by atoms with Crippen molar-refractivity contribution in [3.05, 3.63) is 11.6 Å². The Balaban J connectivity index is 1.89. The van der Waals surface area contributed by atoms with Crippen molar-refractivity contribution in [2.75, 3.05) is 0 Å². The van der Waals surface area contributed by atoms with Crippen LogP contribution in [0, 0.1) is 17.8 Å².